The van der Waals surface area contributed by atoms with E-state index in [1.54, 1.807) is 11.3 Å². The molecule has 1 aliphatic rings. The molecule has 2 aromatic heterocycles. The second kappa shape index (κ2) is 8.58. The van der Waals surface area contributed by atoms with Crippen molar-refractivity contribution in [2.45, 2.75) is 39.0 Å². The third kappa shape index (κ3) is 4.67. The summed E-state index contributed by atoms with van der Waals surface area (Å²) < 4.78 is 0. The quantitative estimate of drug-likeness (QED) is 0.781. The predicted molar refractivity (Wildman–Crippen MR) is 102 cm³/mol. The number of nitrogens with one attached hydrogen (secondary N) is 1. The molecule has 2 aromatic rings. The van der Waals surface area contributed by atoms with E-state index in [2.05, 4.69) is 10.3 Å². The van der Waals surface area contributed by atoms with Crippen molar-refractivity contribution in [3.8, 4) is 10.6 Å². The Bertz CT molecular complexity index is 725. The van der Waals surface area contributed by atoms with Gasteiger partial charge in [0, 0.05) is 37.0 Å². The molecule has 0 saturated carbocycles. The molecule has 1 fully saturated rings. The van der Waals surface area contributed by atoms with E-state index in [1.165, 1.54) is 11.3 Å². The van der Waals surface area contributed by atoms with E-state index in [9.17, 15) is 9.59 Å². The van der Waals surface area contributed by atoms with Crippen molar-refractivity contribution in [2.24, 2.45) is 0 Å². The summed E-state index contributed by atoms with van der Waals surface area (Å²) in [5.74, 6) is 0.182. The molecular weight excluding hydrogens is 354 g/mol. The summed E-state index contributed by atoms with van der Waals surface area (Å²) in [6.07, 6.45) is 4.67. The first-order valence-electron chi connectivity index (χ1n) is 8.71. The molecular formula is C18H23N3O2S2. The number of amides is 2. The number of hydrogen-bond donors (Lipinski definition) is 1. The monoisotopic (exact) mass is 377 g/mol. The van der Waals surface area contributed by atoms with Crippen LogP contribution in [0.3, 0.4) is 0 Å². The lowest BCUT2D eigenvalue weighted by Crippen LogP contribution is -2.33. The molecule has 0 atom stereocenters. The van der Waals surface area contributed by atoms with Gasteiger partial charge in [0.1, 0.15) is 9.88 Å². The smallest absolute Gasteiger partial charge is 0.263 e. The number of thiazole rings is 1. The Hall–Kier alpha value is -1.73. The van der Waals surface area contributed by atoms with E-state index >= 15 is 0 Å². The van der Waals surface area contributed by atoms with Gasteiger partial charge in [0.25, 0.3) is 5.91 Å². The summed E-state index contributed by atoms with van der Waals surface area (Å²) >= 11 is 3.06. The van der Waals surface area contributed by atoms with Crippen molar-refractivity contribution in [3.05, 3.63) is 27.4 Å². The number of carbonyl (C=O) groups excluding carboxylic acids is 2. The average Bonchev–Trinajstić information content (AvgIpc) is 3.21. The summed E-state index contributed by atoms with van der Waals surface area (Å²) in [5, 5.41) is 7.90. The van der Waals surface area contributed by atoms with Gasteiger partial charge in [0.15, 0.2) is 0 Å². The van der Waals surface area contributed by atoms with Gasteiger partial charge in [-0.1, -0.05) is 6.42 Å². The van der Waals surface area contributed by atoms with Crippen molar-refractivity contribution < 1.29 is 9.59 Å². The largest absolute Gasteiger partial charge is 0.351 e. The summed E-state index contributed by atoms with van der Waals surface area (Å²) in [4.78, 5) is 31.5. The number of hydrogen-bond acceptors (Lipinski definition) is 5. The minimum Gasteiger partial charge on any atom is -0.351 e. The Morgan fingerprint density at radius 3 is 3.04 bits per heavy atom. The predicted octanol–water partition coefficient (Wildman–Crippen LogP) is 3.70. The van der Waals surface area contributed by atoms with Gasteiger partial charge in [0.2, 0.25) is 5.91 Å². The Morgan fingerprint density at radius 2 is 2.24 bits per heavy atom. The van der Waals surface area contributed by atoms with Gasteiger partial charge in [-0.3, -0.25) is 9.59 Å². The molecule has 134 valence electrons. The molecule has 0 aliphatic carbocycles. The maximum Gasteiger partial charge on any atom is 0.263 e. The lowest BCUT2D eigenvalue weighted by atomic mass is 10.2. The molecule has 7 heteroatoms. The fourth-order valence-corrected chi connectivity index (χ4v) is 4.64. The van der Waals surface area contributed by atoms with Crippen LogP contribution in [0.4, 0.5) is 0 Å². The summed E-state index contributed by atoms with van der Waals surface area (Å²) in [6, 6.07) is 2.02. The zero-order valence-corrected chi connectivity index (χ0v) is 16.0. The maximum atomic E-state index is 12.4. The maximum absolute atomic E-state index is 12.4. The zero-order valence-electron chi connectivity index (χ0n) is 14.4. The van der Waals surface area contributed by atoms with Crippen LogP contribution in [0.15, 0.2) is 16.8 Å². The second-order valence-electron chi connectivity index (χ2n) is 6.25. The van der Waals surface area contributed by atoms with E-state index in [0.717, 1.165) is 55.0 Å². The van der Waals surface area contributed by atoms with Crippen molar-refractivity contribution in [2.75, 3.05) is 19.6 Å². The van der Waals surface area contributed by atoms with Crippen LogP contribution in [0.1, 0.15) is 47.5 Å². The highest BCUT2D eigenvalue weighted by Gasteiger charge is 2.18. The van der Waals surface area contributed by atoms with Gasteiger partial charge in [-0.25, -0.2) is 4.98 Å². The molecule has 1 saturated heterocycles. The van der Waals surface area contributed by atoms with Gasteiger partial charge in [0.05, 0.1) is 5.69 Å². The molecule has 0 radical (unpaired) electrons. The molecule has 0 spiro atoms. The lowest BCUT2D eigenvalue weighted by molar-refractivity contribution is -0.130. The number of aryl methyl sites for hydroxylation is 1. The molecule has 5 nitrogen and oxygen atoms in total. The van der Waals surface area contributed by atoms with E-state index in [1.807, 2.05) is 28.7 Å². The van der Waals surface area contributed by atoms with Gasteiger partial charge in [-0.2, -0.15) is 11.3 Å². The number of nitrogens with zero attached hydrogens (tertiary/aromatic N) is 2. The molecule has 1 aliphatic heterocycles. The van der Waals surface area contributed by atoms with Crippen LogP contribution in [0.25, 0.3) is 10.6 Å². The fraction of sp³-hybridized carbons (Fsp3) is 0.500. The van der Waals surface area contributed by atoms with Crippen molar-refractivity contribution in [1.29, 1.82) is 0 Å². The van der Waals surface area contributed by atoms with Gasteiger partial charge in [-0.15, -0.1) is 11.3 Å². The van der Waals surface area contributed by atoms with Crippen LogP contribution in [-0.2, 0) is 4.79 Å². The highest BCUT2D eigenvalue weighted by Crippen LogP contribution is 2.29. The summed E-state index contributed by atoms with van der Waals surface area (Å²) in [6.45, 7) is 4.02. The highest BCUT2D eigenvalue weighted by atomic mass is 32.1. The zero-order chi connectivity index (χ0) is 17.6. The first-order valence-corrected chi connectivity index (χ1v) is 10.5. The first-order chi connectivity index (χ1) is 12.1. The van der Waals surface area contributed by atoms with Crippen molar-refractivity contribution in [3.63, 3.8) is 0 Å². The van der Waals surface area contributed by atoms with Gasteiger partial charge >= 0.3 is 0 Å². The number of carbonyl (C=O) groups is 2. The standard InChI is InChI=1S/C18H23N3O2S2/c1-13-16(25-18(20-13)14-7-11-24-12-14)17(23)19-8-5-10-21-9-4-2-3-6-15(21)22/h7,11-12H,2-6,8-10H2,1H3,(H,19,23). The Labute approximate surface area is 156 Å². The van der Waals surface area contributed by atoms with Crippen molar-refractivity contribution >= 4 is 34.5 Å². The van der Waals surface area contributed by atoms with Gasteiger partial charge in [-0.05, 0) is 37.6 Å². The molecule has 1 N–H and O–H groups in total. The molecule has 25 heavy (non-hydrogen) atoms. The minimum atomic E-state index is -0.0707. The molecule has 0 unspecified atom stereocenters. The number of aromatic nitrogens is 1. The Morgan fingerprint density at radius 1 is 1.36 bits per heavy atom. The van der Waals surface area contributed by atoms with Crippen molar-refractivity contribution in [1.82, 2.24) is 15.2 Å². The number of thiophene rings is 1. The lowest BCUT2D eigenvalue weighted by Gasteiger charge is -2.20. The number of likely N-dealkylation sites (tertiary alicyclic amines) is 1. The van der Waals surface area contributed by atoms with Crippen LogP contribution in [0.5, 0.6) is 0 Å². The van der Waals surface area contributed by atoms with Crippen LogP contribution < -0.4 is 5.32 Å². The van der Waals surface area contributed by atoms with Gasteiger partial charge < -0.3 is 10.2 Å². The van der Waals surface area contributed by atoms with E-state index in [4.69, 9.17) is 0 Å². The molecule has 0 bridgehead atoms. The van der Waals surface area contributed by atoms with E-state index < -0.39 is 0 Å². The Kier molecular flexibility index (Phi) is 6.20. The van der Waals surface area contributed by atoms with E-state index in [-0.39, 0.29) is 11.8 Å². The Balaban J connectivity index is 1.49. The highest BCUT2D eigenvalue weighted by molar-refractivity contribution is 7.17. The topological polar surface area (TPSA) is 62.3 Å². The fourth-order valence-electron chi connectivity index (χ4n) is 2.94. The normalized spacial score (nSPS) is 15.2. The minimum absolute atomic E-state index is 0.0707. The number of rotatable bonds is 6. The molecule has 0 aromatic carbocycles. The van der Waals surface area contributed by atoms with Crippen LogP contribution >= 0.6 is 22.7 Å². The van der Waals surface area contributed by atoms with Crippen LogP contribution in [-0.4, -0.2) is 41.3 Å². The van der Waals surface area contributed by atoms with Crippen LogP contribution in [0, 0.1) is 6.92 Å². The second-order valence-corrected chi connectivity index (χ2v) is 8.03. The molecule has 2 amide bonds. The summed E-state index contributed by atoms with van der Waals surface area (Å²) in [5.41, 5.74) is 1.84. The molecule has 3 heterocycles. The van der Waals surface area contributed by atoms with Crippen LogP contribution in [0.2, 0.25) is 0 Å². The SMILES string of the molecule is Cc1nc(-c2ccsc2)sc1C(=O)NCCCN1CCCCCC1=O. The summed E-state index contributed by atoms with van der Waals surface area (Å²) in [7, 11) is 0. The first kappa shape index (κ1) is 18.1. The van der Waals surface area contributed by atoms with E-state index in [0.29, 0.717) is 17.8 Å². The average molecular weight is 378 g/mol. The third-order valence-electron chi connectivity index (χ3n) is 4.33. The third-order valence-corrected chi connectivity index (χ3v) is 6.22. The molecule has 3 rings (SSSR count).